The molecule has 0 radical (unpaired) electrons. The third kappa shape index (κ3) is 8.21. The van der Waals surface area contributed by atoms with Crippen LogP contribution in [-0.4, -0.2) is 30.8 Å². The van der Waals surface area contributed by atoms with Gasteiger partial charge in [-0.15, -0.1) is 0 Å². The van der Waals surface area contributed by atoms with Gasteiger partial charge in [0.2, 0.25) is 5.91 Å². The molecule has 19 heavy (non-hydrogen) atoms. The van der Waals surface area contributed by atoms with Crippen LogP contribution in [0.4, 0.5) is 0 Å². The molecule has 6 heteroatoms. The molecule has 0 saturated carbocycles. The summed E-state index contributed by atoms with van der Waals surface area (Å²) in [5, 5.41) is 5.57. The van der Waals surface area contributed by atoms with E-state index < -0.39 is 0 Å². The lowest BCUT2D eigenvalue weighted by Gasteiger charge is -2.06. The molecule has 0 aromatic heterocycles. The van der Waals surface area contributed by atoms with Crippen LogP contribution >= 0.6 is 21.6 Å². The van der Waals surface area contributed by atoms with Crippen molar-refractivity contribution in [3.05, 3.63) is 11.5 Å². The Morgan fingerprint density at radius 2 is 2.11 bits per heavy atom. The number of methoxy groups -OCH3 is 1. The summed E-state index contributed by atoms with van der Waals surface area (Å²) in [6, 6.07) is 0. The molecule has 0 saturated heterocycles. The lowest BCUT2D eigenvalue weighted by Crippen LogP contribution is -2.24. The van der Waals surface area contributed by atoms with Crippen LogP contribution in [0.25, 0.3) is 0 Å². The molecule has 0 aromatic rings. The summed E-state index contributed by atoms with van der Waals surface area (Å²) in [4.78, 5) is 22.4. The van der Waals surface area contributed by atoms with Crippen molar-refractivity contribution in [3.8, 4) is 0 Å². The first-order chi connectivity index (χ1) is 9.22. The highest BCUT2D eigenvalue weighted by Crippen LogP contribution is 2.37. The van der Waals surface area contributed by atoms with Crippen LogP contribution in [0.3, 0.4) is 0 Å². The van der Waals surface area contributed by atoms with E-state index in [-0.39, 0.29) is 11.9 Å². The summed E-state index contributed by atoms with van der Waals surface area (Å²) in [5.41, 5.74) is 0. The summed E-state index contributed by atoms with van der Waals surface area (Å²) >= 11 is 0. The zero-order valence-electron chi connectivity index (χ0n) is 11.2. The summed E-state index contributed by atoms with van der Waals surface area (Å²) in [6.07, 6.45) is 6.95. The van der Waals surface area contributed by atoms with Gasteiger partial charge < -0.3 is 10.1 Å². The number of ether oxygens (including phenoxy) is 1. The second kappa shape index (κ2) is 10.2. The van der Waals surface area contributed by atoms with Gasteiger partial charge in [-0.1, -0.05) is 34.1 Å². The molecule has 0 aliphatic carbocycles. The minimum atomic E-state index is -0.228. The molecule has 1 unspecified atom stereocenters. The Morgan fingerprint density at radius 1 is 1.26 bits per heavy atom. The quantitative estimate of drug-likeness (QED) is 0.403. The number of carbonyl (C=O) groups is 2. The molecule has 0 bridgehead atoms. The second-order valence-corrected chi connectivity index (χ2v) is 6.75. The van der Waals surface area contributed by atoms with Crippen LogP contribution < -0.4 is 5.32 Å². The fraction of sp³-hybridized carbons (Fsp3) is 0.692. The largest absolute Gasteiger partial charge is 0.469 e. The van der Waals surface area contributed by atoms with E-state index in [1.165, 1.54) is 7.11 Å². The molecule has 0 aromatic carbocycles. The van der Waals surface area contributed by atoms with E-state index in [2.05, 4.69) is 21.5 Å². The first-order valence-electron chi connectivity index (χ1n) is 6.54. The van der Waals surface area contributed by atoms with Gasteiger partial charge in [-0.3, -0.25) is 9.59 Å². The number of hydrogen-bond donors (Lipinski definition) is 1. The van der Waals surface area contributed by atoms with E-state index >= 15 is 0 Å². The van der Waals surface area contributed by atoms with Gasteiger partial charge >= 0.3 is 5.97 Å². The number of unbranched alkanes of at least 4 members (excludes halogenated alkanes) is 1. The highest BCUT2D eigenvalue weighted by molar-refractivity contribution is 8.78. The molecular formula is C13H21NO3S2. The van der Waals surface area contributed by atoms with E-state index in [1.54, 1.807) is 10.8 Å². The van der Waals surface area contributed by atoms with Crippen LogP contribution in [0.5, 0.6) is 0 Å². The van der Waals surface area contributed by atoms with Crippen LogP contribution in [0, 0.1) is 0 Å². The summed E-state index contributed by atoms with van der Waals surface area (Å²) in [5.74, 6) is -0.150. The van der Waals surface area contributed by atoms with Crippen LogP contribution in [-0.2, 0) is 14.3 Å². The summed E-state index contributed by atoms with van der Waals surface area (Å²) in [6.45, 7) is 0.547. The topological polar surface area (TPSA) is 55.4 Å². The molecule has 108 valence electrons. The van der Waals surface area contributed by atoms with Crippen LogP contribution in [0.15, 0.2) is 11.5 Å². The Hall–Kier alpha value is -0.620. The van der Waals surface area contributed by atoms with Crippen molar-refractivity contribution >= 4 is 33.5 Å². The minimum Gasteiger partial charge on any atom is -0.469 e. The average Bonchev–Trinajstić information content (AvgIpc) is 2.92. The van der Waals surface area contributed by atoms with Gasteiger partial charge in [0.1, 0.15) is 0 Å². The van der Waals surface area contributed by atoms with Gasteiger partial charge in [-0.25, -0.2) is 0 Å². The zero-order chi connectivity index (χ0) is 13.9. The number of nitrogens with one attached hydrogen (secondary N) is 1. The molecule has 1 rings (SSSR count). The van der Waals surface area contributed by atoms with Crippen molar-refractivity contribution in [2.75, 3.05) is 13.7 Å². The molecule has 1 N–H and O–H groups in total. The molecule has 1 atom stereocenters. The number of hydrogen-bond acceptors (Lipinski definition) is 5. The Morgan fingerprint density at radius 3 is 2.79 bits per heavy atom. The standard InChI is InChI=1S/C13H21NO3S2/c1-17-13(16)7-4-9-14-12(15)6-3-2-5-11-8-10-18-19-11/h8,10-11H,2-7,9H2,1H3,(H,14,15). The summed E-state index contributed by atoms with van der Waals surface area (Å²) < 4.78 is 4.52. The fourth-order valence-electron chi connectivity index (χ4n) is 1.68. The van der Waals surface area contributed by atoms with E-state index in [0.717, 1.165) is 19.3 Å². The Balaban J connectivity index is 1.90. The van der Waals surface area contributed by atoms with E-state index in [1.807, 2.05) is 10.8 Å². The fourth-order valence-corrected chi connectivity index (χ4v) is 3.94. The van der Waals surface area contributed by atoms with Gasteiger partial charge in [-0.2, -0.15) is 0 Å². The smallest absolute Gasteiger partial charge is 0.305 e. The maximum Gasteiger partial charge on any atom is 0.305 e. The highest BCUT2D eigenvalue weighted by atomic mass is 33.1. The van der Waals surface area contributed by atoms with E-state index in [0.29, 0.717) is 31.1 Å². The van der Waals surface area contributed by atoms with Crippen molar-refractivity contribution < 1.29 is 14.3 Å². The third-order valence-electron chi connectivity index (χ3n) is 2.78. The summed E-state index contributed by atoms with van der Waals surface area (Å²) in [7, 11) is 5.04. The van der Waals surface area contributed by atoms with Gasteiger partial charge in [0.25, 0.3) is 0 Å². The molecule has 0 fully saturated rings. The Kier molecular flexibility index (Phi) is 8.82. The Bertz CT molecular complexity index is 321. The van der Waals surface area contributed by atoms with Gasteiger partial charge in [0, 0.05) is 24.6 Å². The zero-order valence-corrected chi connectivity index (χ0v) is 12.9. The predicted molar refractivity (Wildman–Crippen MR) is 80.8 cm³/mol. The first kappa shape index (κ1) is 16.4. The van der Waals surface area contributed by atoms with Crippen molar-refractivity contribution in [2.24, 2.45) is 0 Å². The monoisotopic (exact) mass is 303 g/mol. The SMILES string of the molecule is COC(=O)CCCNC(=O)CCCCC1C=CSS1. The number of carbonyl (C=O) groups excluding carboxylic acids is 2. The van der Waals surface area contributed by atoms with E-state index in [9.17, 15) is 9.59 Å². The lowest BCUT2D eigenvalue weighted by atomic mass is 10.1. The minimum absolute atomic E-state index is 0.0776. The van der Waals surface area contributed by atoms with Gasteiger partial charge in [0.15, 0.2) is 0 Å². The van der Waals surface area contributed by atoms with Crippen molar-refractivity contribution in [1.29, 1.82) is 0 Å². The lowest BCUT2D eigenvalue weighted by molar-refractivity contribution is -0.140. The van der Waals surface area contributed by atoms with Crippen molar-refractivity contribution in [3.63, 3.8) is 0 Å². The van der Waals surface area contributed by atoms with Crippen molar-refractivity contribution in [1.82, 2.24) is 5.32 Å². The highest BCUT2D eigenvalue weighted by Gasteiger charge is 2.10. The molecule has 1 aliphatic heterocycles. The second-order valence-electron chi connectivity index (χ2n) is 4.33. The molecule has 1 heterocycles. The molecule has 1 aliphatic rings. The van der Waals surface area contributed by atoms with Crippen molar-refractivity contribution in [2.45, 2.75) is 43.8 Å². The van der Waals surface area contributed by atoms with Gasteiger partial charge in [0.05, 0.1) is 7.11 Å². The number of amides is 1. The normalized spacial score (nSPS) is 17.4. The van der Waals surface area contributed by atoms with E-state index in [4.69, 9.17) is 0 Å². The predicted octanol–water partition coefficient (Wildman–Crippen LogP) is 2.89. The third-order valence-corrected chi connectivity index (χ3v) is 5.21. The van der Waals surface area contributed by atoms with Gasteiger partial charge in [-0.05, 0) is 24.7 Å². The van der Waals surface area contributed by atoms with Crippen LogP contribution in [0.2, 0.25) is 0 Å². The number of esters is 1. The Labute approximate surface area is 122 Å². The average molecular weight is 303 g/mol. The molecule has 0 spiro atoms. The molecule has 1 amide bonds. The number of rotatable bonds is 9. The maximum atomic E-state index is 11.5. The molecule has 4 nitrogen and oxygen atoms in total. The maximum absolute atomic E-state index is 11.5. The first-order valence-corrected chi connectivity index (χ1v) is 8.82. The molecular weight excluding hydrogens is 282 g/mol. The van der Waals surface area contributed by atoms with Crippen LogP contribution in [0.1, 0.15) is 38.5 Å².